The fraction of sp³-hybridized carbons (Fsp3) is 0.391. The molecule has 0 aromatic heterocycles. The number of benzene rings is 1. The predicted octanol–water partition coefficient (Wildman–Crippen LogP) is 4.94. The van der Waals surface area contributed by atoms with Gasteiger partial charge in [0.2, 0.25) is 10.0 Å². The number of allylic oxidation sites excluding steroid dienone is 4. The second-order valence-electron chi connectivity index (χ2n) is 8.01. The average Bonchev–Trinajstić information content (AvgIpc) is 2.67. The summed E-state index contributed by atoms with van der Waals surface area (Å²) in [6.45, 7) is 7.20. The lowest BCUT2D eigenvalue weighted by molar-refractivity contribution is -0.136. The number of nitrogens with one attached hydrogen (secondary N) is 1. The molecule has 180 valence electrons. The minimum Gasteiger partial charge on any atom is -0.354 e. The lowest BCUT2D eigenvalue weighted by atomic mass is 10.0. The van der Waals surface area contributed by atoms with Crippen molar-refractivity contribution in [2.45, 2.75) is 39.2 Å². The molecule has 0 saturated carbocycles. The Hall–Kier alpha value is -2.77. The normalized spacial score (nSPS) is 16.8. The van der Waals surface area contributed by atoms with E-state index in [0.29, 0.717) is 12.0 Å². The van der Waals surface area contributed by atoms with E-state index in [-0.39, 0.29) is 30.2 Å². The Morgan fingerprint density at radius 2 is 2.00 bits per heavy atom. The average molecular weight is 487 g/mol. The van der Waals surface area contributed by atoms with Gasteiger partial charge in [-0.1, -0.05) is 31.9 Å². The van der Waals surface area contributed by atoms with Crippen molar-refractivity contribution in [3.63, 3.8) is 0 Å². The van der Waals surface area contributed by atoms with E-state index in [1.165, 1.54) is 12.1 Å². The summed E-state index contributed by atoms with van der Waals surface area (Å²) in [5.41, 5.74) is -0.843. The van der Waals surface area contributed by atoms with Crippen LogP contribution in [0.3, 0.4) is 0 Å². The van der Waals surface area contributed by atoms with E-state index < -0.39 is 39.6 Å². The van der Waals surface area contributed by atoms with E-state index in [1.54, 1.807) is 6.08 Å². The zero-order chi connectivity index (χ0) is 25.0. The Labute approximate surface area is 191 Å². The second-order valence-corrected chi connectivity index (χ2v) is 9.76. The molecule has 0 bridgehead atoms. The molecule has 0 amide bonds. The van der Waals surface area contributed by atoms with Crippen LogP contribution in [-0.2, 0) is 21.3 Å². The number of nitrogens with zero attached hydrogens (tertiary/aromatic N) is 1. The first-order valence-corrected chi connectivity index (χ1v) is 11.9. The molecule has 1 aliphatic heterocycles. The first-order valence-electron chi connectivity index (χ1n) is 10.0. The van der Waals surface area contributed by atoms with Crippen molar-refractivity contribution in [1.82, 2.24) is 4.90 Å². The van der Waals surface area contributed by atoms with Crippen LogP contribution in [0.2, 0.25) is 0 Å². The molecule has 5 nitrogen and oxygen atoms in total. The molecule has 2 rings (SSSR count). The van der Waals surface area contributed by atoms with Crippen LogP contribution in [0.1, 0.15) is 31.4 Å². The smallest absolute Gasteiger partial charge is 0.354 e. The van der Waals surface area contributed by atoms with Crippen molar-refractivity contribution in [1.29, 1.82) is 0 Å². The Morgan fingerprint density at radius 1 is 1.33 bits per heavy atom. The Bertz CT molecular complexity index is 1100. The molecular formula is C23H26F4N2O3S. The van der Waals surface area contributed by atoms with Crippen LogP contribution >= 0.6 is 0 Å². The van der Waals surface area contributed by atoms with Crippen LogP contribution in [0.4, 0.5) is 23.2 Å². The molecular weight excluding hydrogens is 460 g/mol. The molecule has 1 atom stereocenters. The number of alkyl halides is 3. The summed E-state index contributed by atoms with van der Waals surface area (Å²) in [6.07, 6.45) is 4.65. The molecule has 1 unspecified atom stereocenters. The summed E-state index contributed by atoms with van der Waals surface area (Å²) in [4.78, 5) is 1.000. The summed E-state index contributed by atoms with van der Waals surface area (Å²) in [5.74, 6) is 1.24. The van der Waals surface area contributed by atoms with Crippen molar-refractivity contribution < 1.29 is 30.7 Å². The molecule has 0 spiro atoms. The number of hydrogen-bond acceptors (Lipinski definition) is 4. The minimum absolute atomic E-state index is 0.0592. The van der Waals surface area contributed by atoms with Crippen molar-refractivity contribution in [2.24, 2.45) is 5.92 Å². The molecule has 0 fully saturated rings. The highest BCUT2D eigenvalue weighted by Gasteiger charge is 2.42. The molecule has 1 aromatic rings. The minimum atomic E-state index is -4.69. The Kier molecular flexibility index (Phi) is 8.38. The topological polar surface area (TPSA) is 58.6 Å². The lowest BCUT2D eigenvalue weighted by Crippen LogP contribution is -2.44. The van der Waals surface area contributed by atoms with Gasteiger partial charge in [0.05, 0.1) is 24.1 Å². The standard InChI is InChI=1S/C23H26F4N2O3S/c1-6-8-18-9-10-20(23(25,26)27)29(22(18)32-14-15(3)4)13-16-11-17(7-2)21(19(24)12-16)28-33(5,30)31/h2,6,9-12,15,22,28H,1,8,13-14H2,3-5H3. The first-order chi connectivity index (χ1) is 15.3. The lowest BCUT2D eigenvalue weighted by Gasteiger charge is -2.39. The fourth-order valence-electron chi connectivity index (χ4n) is 3.29. The third-order valence-electron chi connectivity index (χ3n) is 4.57. The molecule has 33 heavy (non-hydrogen) atoms. The van der Waals surface area contributed by atoms with E-state index in [1.807, 2.05) is 18.6 Å². The molecule has 0 radical (unpaired) electrons. The van der Waals surface area contributed by atoms with Gasteiger partial charge >= 0.3 is 6.18 Å². The third kappa shape index (κ3) is 7.11. The molecule has 1 N–H and O–H groups in total. The summed E-state index contributed by atoms with van der Waals surface area (Å²) in [7, 11) is -3.83. The highest BCUT2D eigenvalue weighted by atomic mass is 32.2. The predicted molar refractivity (Wildman–Crippen MR) is 120 cm³/mol. The van der Waals surface area contributed by atoms with E-state index >= 15 is 0 Å². The zero-order valence-corrected chi connectivity index (χ0v) is 19.4. The van der Waals surface area contributed by atoms with Crippen LogP contribution in [-0.4, -0.2) is 38.6 Å². The SMILES string of the molecule is C#Cc1cc(CN2C(C(F)(F)F)=CC=C(CC=C)C2OCC(C)C)cc(F)c1NS(C)(=O)=O. The van der Waals surface area contributed by atoms with Crippen LogP contribution in [0, 0.1) is 24.1 Å². The first kappa shape index (κ1) is 26.5. The number of hydrogen-bond donors (Lipinski definition) is 1. The van der Waals surface area contributed by atoms with Gasteiger partial charge in [-0.15, -0.1) is 13.0 Å². The van der Waals surface area contributed by atoms with Gasteiger partial charge < -0.3 is 9.64 Å². The number of ether oxygens (including phenoxy) is 1. The second kappa shape index (κ2) is 10.4. The Morgan fingerprint density at radius 3 is 2.52 bits per heavy atom. The van der Waals surface area contributed by atoms with Gasteiger partial charge in [0, 0.05) is 6.54 Å². The molecule has 1 heterocycles. The molecule has 1 aliphatic rings. The van der Waals surface area contributed by atoms with Crippen molar-refractivity contribution >= 4 is 15.7 Å². The quantitative estimate of drug-likeness (QED) is 0.305. The zero-order valence-electron chi connectivity index (χ0n) is 18.5. The molecule has 0 aliphatic carbocycles. The van der Waals surface area contributed by atoms with Gasteiger partial charge in [-0.25, -0.2) is 12.8 Å². The van der Waals surface area contributed by atoms with Gasteiger partial charge in [0.1, 0.15) is 11.5 Å². The maximum atomic E-state index is 14.7. The van der Waals surface area contributed by atoms with Crippen molar-refractivity contribution in [2.75, 3.05) is 17.6 Å². The summed E-state index contributed by atoms with van der Waals surface area (Å²) in [5, 5.41) is 0. The molecule has 1 aromatic carbocycles. The summed E-state index contributed by atoms with van der Waals surface area (Å²) >= 11 is 0. The van der Waals surface area contributed by atoms with E-state index in [2.05, 4.69) is 12.5 Å². The number of terminal acetylenes is 1. The van der Waals surface area contributed by atoms with Crippen molar-refractivity contribution in [3.05, 3.63) is 65.2 Å². The fourth-order valence-corrected chi connectivity index (χ4v) is 3.86. The van der Waals surface area contributed by atoms with Crippen molar-refractivity contribution in [3.8, 4) is 12.3 Å². The van der Waals surface area contributed by atoms with Gasteiger partial charge in [-0.2, -0.15) is 13.2 Å². The van der Waals surface area contributed by atoms with Crippen LogP contribution < -0.4 is 4.72 Å². The van der Waals surface area contributed by atoms with Crippen LogP contribution in [0.5, 0.6) is 0 Å². The van der Waals surface area contributed by atoms with E-state index in [4.69, 9.17) is 11.2 Å². The molecule has 10 heteroatoms. The number of rotatable bonds is 9. The number of sulfonamides is 1. The van der Waals surface area contributed by atoms with Crippen LogP contribution in [0.15, 0.2) is 48.2 Å². The monoisotopic (exact) mass is 486 g/mol. The highest BCUT2D eigenvalue weighted by Crippen LogP contribution is 2.37. The highest BCUT2D eigenvalue weighted by molar-refractivity contribution is 7.92. The van der Waals surface area contributed by atoms with E-state index in [0.717, 1.165) is 23.3 Å². The van der Waals surface area contributed by atoms with E-state index in [9.17, 15) is 26.0 Å². The van der Waals surface area contributed by atoms with Gasteiger partial charge in [-0.05, 0) is 41.7 Å². The summed E-state index contributed by atoms with van der Waals surface area (Å²) < 4.78 is 87.2. The van der Waals surface area contributed by atoms with Gasteiger partial charge in [0.25, 0.3) is 0 Å². The Balaban J connectivity index is 2.54. The third-order valence-corrected chi connectivity index (χ3v) is 5.14. The van der Waals surface area contributed by atoms with Gasteiger partial charge in [-0.3, -0.25) is 4.72 Å². The van der Waals surface area contributed by atoms with Crippen LogP contribution in [0.25, 0.3) is 0 Å². The number of anilines is 1. The number of halogens is 4. The maximum absolute atomic E-state index is 14.7. The molecule has 0 saturated heterocycles. The maximum Gasteiger partial charge on any atom is 0.431 e. The van der Waals surface area contributed by atoms with Gasteiger partial charge in [0.15, 0.2) is 6.23 Å². The summed E-state index contributed by atoms with van der Waals surface area (Å²) in [6, 6.07) is 2.23. The largest absolute Gasteiger partial charge is 0.431 e.